The molecule has 1 aliphatic rings. The van der Waals surface area contributed by atoms with Crippen molar-refractivity contribution in [2.24, 2.45) is 5.73 Å². The predicted molar refractivity (Wildman–Crippen MR) is 105 cm³/mol. The molecule has 0 aromatic carbocycles. The van der Waals surface area contributed by atoms with Crippen LogP contribution in [0.2, 0.25) is 0 Å². The molecule has 1 amide bonds. The number of aryl methyl sites for hydroxylation is 1. The average Bonchev–Trinajstić information content (AvgIpc) is 3.41. The van der Waals surface area contributed by atoms with Gasteiger partial charge in [0, 0.05) is 36.4 Å². The molecule has 0 atom stereocenters. The van der Waals surface area contributed by atoms with E-state index in [0.29, 0.717) is 47.0 Å². The molecule has 140 valence electrons. The molecule has 8 nitrogen and oxygen atoms in total. The summed E-state index contributed by atoms with van der Waals surface area (Å²) in [7, 11) is 1.80. The number of pyridine rings is 3. The molecule has 1 saturated carbocycles. The van der Waals surface area contributed by atoms with Gasteiger partial charge in [-0.25, -0.2) is 9.97 Å². The van der Waals surface area contributed by atoms with Crippen LogP contribution >= 0.6 is 0 Å². The van der Waals surface area contributed by atoms with Crippen LogP contribution in [0.5, 0.6) is 0 Å². The largest absolute Gasteiger partial charge is 0.434 e. The lowest BCUT2D eigenvalue weighted by Gasteiger charge is -2.13. The molecule has 5 rings (SSSR count). The van der Waals surface area contributed by atoms with E-state index in [1.165, 1.54) is 0 Å². The summed E-state index contributed by atoms with van der Waals surface area (Å²) in [6.45, 7) is 1.95. The molecule has 0 radical (unpaired) electrons. The first-order valence-electron chi connectivity index (χ1n) is 9.02. The van der Waals surface area contributed by atoms with Crippen LogP contribution in [0.25, 0.3) is 33.5 Å². The third-order valence-electron chi connectivity index (χ3n) is 5.33. The molecule has 0 spiro atoms. The van der Waals surface area contributed by atoms with Gasteiger partial charge in [0.15, 0.2) is 11.2 Å². The molecule has 1 fully saturated rings. The van der Waals surface area contributed by atoms with Crippen molar-refractivity contribution in [2.45, 2.75) is 25.2 Å². The Labute approximate surface area is 160 Å². The van der Waals surface area contributed by atoms with Crippen LogP contribution in [-0.4, -0.2) is 32.9 Å². The number of amides is 1. The number of nitrogens with two attached hydrogens (primary N) is 1. The Morgan fingerprint density at radius 2 is 1.96 bits per heavy atom. The van der Waals surface area contributed by atoms with Crippen LogP contribution in [-0.2, 0) is 10.2 Å². The second-order valence-electron chi connectivity index (χ2n) is 7.19. The Hall–Kier alpha value is -3.55. The summed E-state index contributed by atoms with van der Waals surface area (Å²) in [4.78, 5) is 29.8. The minimum atomic E-state index is -0.672. The second kappa shape index (κ2) is 5.72. The van der Waals surface area contributed by atoms with Crippen molar-refractivity contribution in [3.8, 4) is 11.5 Å². The van der Waals surface area contributed by atoms with E-state index < -0.39 is 5.41 Å². The molecule has 0 unspecified atom stereocenters. The average molecular weight is 374 g/mol. The first-order valence-corrected chi connectivity index (χ1v) is 9.02. The van der Waals surface area contributed by atoms with Crippen molar-refractivity contribution < 1.29 is 9.21 Å². The smallest absolute Gasteiger partial charge is 0.231 e. The quantitative estimate of drug-likeness (QED) is 0.563. The van der Waals surface area contributed by atoms with Gasteiger partial charge in [-0.3, -0.25) is 9.78 Å². The van der Waals surface area contributed by atoms with Gasteiger partial charge < -0.3 is 15.5 Å². The maximum Gasteiger partial charge on any atom is 0.231 e. The van der Waals surface area contributed by atoms with Gasteiger partial charge in [-0.05, 0) is 37.5 Å². The molecule has 4 heterocycles. The number of hydrogen-bond donors (Lipinski definition) is 2. The number of hydrogen-bond acceptors (Lipinski definition) is 7. The number of carbonyl (C=O) groups excluding carboxylic acids is 1. The van der Waals surface area contributed by atoms with Gasteiger partial charge >= 0.3 is 0 Å². The van der Waals surface area contributed by atoms with E-state index in [-0.39, 0.29) is 5.91 Å². The fourth-order valence-electron chi connectivity index (χ4n) is 3.55. The summed E-state index contributed by atoms with van der Waals surface area (Å²) in [5, 5.41) is 4.74. The Balaban J connectivity index is 1.76. The van der Waals surface area contributed by atoms with E-state index in [1.54, 1.807) is 25.6 Å². The first-order chi connectivity index (χ1) is 13.5. The number of oxazole rings is 1. The third-order valence-corrected chi connectivity index (χ3v) is 5.33. The maximum atomic E-state index is 12.0. The van der Waals surface area contributed by atoms with Gasteiger partial charge in [0.05, 0.1) is 16.7 Å². The number of rotatable bonds is 4. The molecule has 8 heteroatoms. The number of nitrogens with one attached hydrogen (secondary N) is 1. The number of fused-ring (bicyclic) bond motifs is 2. The zero-order valence-corrected chi connectivity index (χ0v) is 15.5. The zero-order valence-electron chi connectivity index (χ0n) is 15.5. The molecule has 1 aliphatic carbocycles. The molecular weight excluding hydrogens is 356 g/mol. The Morgan fingerprint density at radius 1 is 1.14 bits per heavy atom. The highest BCUT2D eigenvalue weighted by Crippen LogP contribution is 2.48. The van der Waals surface area contributed by atoms with Gasteiger partial charge in [0.25, 0.3) is 0 Å². The van der Waals surface area contributed by atoms with Crippen molar-refractivity contribution >= 4 is 33.7 Å². The van der Waals surface area contributed by atoms with Gasteiger partial charge in [0.1, 0.15) is 5.82 Å². The summed E-state index contributed by atoms with van der Waals surface area (Å²) in [5.74, 6) is 0.770. The Bertz CT molecular complexity index is 1260. The Kier molecular flexibility index (Phi) is 3.39. The lowest BCUT2D eigenvalue weighted by atomic mass is 9.98. The van der Waals surface area contributed by atoms with Crippen molar-refractivity contribution in [1.29, 1.82) is 0 Å². The van der Waals surface area contributed by atoms with E-state index >= 15 is 0 Å². The van der Waals surface area contributed by atoms with Gasteiger partial charge in [-0.1, -0.05) is 0 Å². The van der Waals surface area contributed by atoms with E-state index in [4.69, 9.17) is 10.2 Å². The Morgan fingerprint density at radius 3 is 2.68 bits per heavy atom. The van der Waals surface area contributed by atoms with E-state index in [2.05, 4.69) is 25.3 Å². The van der Waals surface area contributed by atoms with E-state index in [1.807, 2.05) is 19.1 Å². The molecule has 0 bridgehead atoms. The second-order valence-corrected chi connectivity index (χ2v) is 7.19. The third kappa shape index (κ3) is 2.34. The van der Waals surface area contributed by atoms with Gasteiger partial charge in [-0.2, -0.15) is 4.98 Å². The number of aromatic nitrogens is 4. The minimum Gasteiger partial charge on any atom is -0.434 e. The highest BCUT2D eigenvalue weighted by Gasteiger charge is 2.51. The SMILES string of the molecule is CNc1ncc(-c2nc3ncc(C)cc3o2)c2cc(C3(C(N)=O)CC3)ncc12. The summed E-state index contributed by atoms with van der Waals surface area (Å²) >= 11 is 0. The number of nitrogens with zero attached hydrogens (tertiary/aromatic N) is 4. The van der Waals surface area contributed by atoms with Gasteiger partial charge in [0.2, 0.25) is 11.8 Å². The van der Waals surface area contributed by atoms with Crippen LogP contribution in [0.1, 0.15) is 24.1 Å². The lowest BCUT2D eigenvalue weighted by Crippen LogP contribution is -2.29. The van der Waals surface area contributed by atoms with Crippen LogP contribution < -0.4 is 11.1 Å². The topological polar surface area (TPSA) is 120 Å². The molecule has 4 aromatic heterocycles. The van der Waals surface area contributed by atoms with E-state index in [9.17, 15) is 4.79 Å². The molecule has 4 aromatic rings. The number of anilines is 1. The standard InChI is InChI=1S/C20H18N6O2/c1-10-5-14-17(24-7-10)26-18(28-14)13-9-25-16(22-2)12-8-23-15(6-11(12)13)20(3-4-20)19(21)27/h5-9H,3-4H2,1-2H3,(H2,21,27)(H,22,25). The summed E-state index contributed by atoms with van der Waals surface area (Å²) in [6.07, 6.45) is 6.61. The number of carbonyl (C=O) groups is 1. The van der Waals surface area contributed by atoms with Crippen molar-refractivity contribution in [3.05, 3.63) is 42.0 Å². The normalized spacial score (nSPS) is 15.1. The maximum absolute atomic E-state index is 12.0. The lowest BCUT2D eigenvalue weighted by molar-refractivity contribution is -0.120. The zero-order chi connectivity index (χ0) is 19.5. The van der Waals surface area contributed by atoms with Crippen LogP contribution in [0.15, 0.2) is 35.1 Å². The van der Waals surface area contributed by atoms with Crippen LogP contribution in [0, 0.1) is 6.92 Å². The van der Waals surface area contributed by atoms with Crippen molar-refractivity contribution in [3.63, 3.8) is 0 Å². The monoisotopic (exact) mass is 374 g/mol. The molecule has 3 N–H and O–H groups in total. The fraction of sp³-hybridized carbons (Fsp3) is 0.250. The molecule has 0 saturated heterocycles. The molecular formula is C20H18N6O2. The number of primary amides is 1. The molecule has 0 aliphatic heterocycles. The van der Waals surface area contributed by atoms with Crippen molar-refractivity contribution in [2.75, 3.05) is 12.4 Å². The summed E-state index contributed by atoms with van der Waals surface area (Å²) in [6, 6.07) is 3.80. The van der Waals surface area contributed by atoms with Crippen LogP contribution in [0.4, 0.5) is 5.82 Å². The highest BCUT2D eigenvalue weighted by atomic mass is 16.3. The highest BCUT2D eigenvalue weighted by molar-refractivity contribution is 6.01. The predicted octanol–water partition coefficient (Wildman–Crippen LogP) is 2.70. The minimum absolute atomic E-state index is 0.342. The molecule has 28 heavy (non-hydrogen) atoms. The van der Waals surface area contributed by atoms with Crippen molar-refractivity contribution in [1.82, 2.24) is 19.9 Å². The van der Waals surface area contributed by atoms with Gasteiger partial charge in [-0.15, -0.1) is 0 Å². The summed E-state index contributed by atoms with van der Waals surface area (Å²) in [5.41, 5.74) is 8.50. The first kappa shape index (κ1) is 16.6. The van der Waals surface area contributed by atoms with Crippen LogP contribution in [0.3, 0.4) is 0 Å². The van der Waals surface area contributed by atoms with E-state index in [0.717, 1.165) is 16.3 Å². The summed E-state index contributed by atoms with van der Waals surface area (Å²) < 4.78 is 5.96. The fourth-order valence-corrected chi connectivity index (χ4v) is 3.55.